The molecular formula is C15H17N3O4. The molecule has 1 heterocycles. The Morgan fingerprint density at radius 1 is 1.27 bits per heavy atom. The van der Waals surface area contributed by atoms with Gasteiger partial charge in [-0.05, 0) is 18.6 Å². The third-order valence-corrected chi connectivity index (χ3v) is 3.21. The summed E-state index contributed by atoms with van der Waals surface area (Å²) in [6.45, 7) is 4.06. The number of anilines is 1. The number of aliphatic hydroxyl groups excluding tert-OH is 1. The number of para-hydroxylation sites is 1. The van der Waals surface area contributed by atoms with E-state index in [1.54, 1.807) is 30.3 Å². The smallest absolute Gasteiger partial charge is 0.335 e. The lowest BCUT2D eigenvalue weighted by atomic mass is 10.0. The maximum atomic E-state index is 12.5. The average Bonchev–Trinajstić information content (AvgIpc) is 2.48. The second-order valence-electron chi connectivity index (χ2n) is 4.77. The number of carbonyl (C=O) groups is 3. The van der Waals surface area contributed by atoms with Gasteiger partial charge in [-0.1, -0.05) is 24.8 Å². The van der Waals surface area contributed by atoms with E-state index in [0.29, 0.717) is 18.7 Å². The molecule has 1 aromatic rings. The van der Waals surface area contributed by atoms with Crippen LogP contribution >= 0.6 is 0 Å². The molecule has 0 saturated carbocycles. The third-order valence-electron chi connectivity index (χ3n) is 3.21. The largest absolute Gasteiger partial charge is 0.396 e. The molecule has 0 aliphatic carbocycles. The molecule has 4 amide bonds. The molecule has 1 aliphatic rings. The monoisotopic (exact) mass is 303 g/mol. The standard InChI is InChI=1S/C15H17N3O4/c1-10(16-8-5-9-19)12-13(20)17-15(22)18(14(12)21)11-6-3-2-4-7-11/h2-4,6-7,12,16,19H,1,5,8-9H2,(H,17,20,22)/t12-/m0/s1. The Bertz CT molecular complexity index is 600. The number of carbonyl (C=O) groups excluding carboxylic acids is 3. The predicted molar refractivity (Wildman–Crippen MR) is 79.8 cm³/mol. The Hall–Kier alpha value is -2.67. The van der Waals surface area contributed by atoms with Crippen LogP contribution in [-0.2, 0) is 9.59 Å². The number of hydrogen-bond donors (Lipinski definition) is 3. The Balaban J connectivity index is 2.21. The molecule has 1 aliphatic heterocycles. The summed E-state index contributed by atoms with van der Waals surface area (Å²) in [4.78, 5) is 37.3. The number of amides is 4. The predicted octanol–water partition coefficient (Wildman–Crippen LogP) is 0.371. The number of nitrogens with zero attached hydrogens (tertiary/aromatic N) is 1. The molecular weight excluding hydrogens is 286 g/mol. The van der Waals surface area contributed by atoms with Crippen molar-refractivity contribution in [2.75, 3.05) is 18.1 Å². The number of rotatable bonds is 6. The van der Waals surface area contributed by atoms with E-state index in [4.69, 9.17) is 5.11 Å². The van der Waals surface area contributed by atoms with Gasteiger partial charge in [-0.15, -0.1) is 0 Å². The normalized spacial score (nSPS) is 18.1. The van der Waals surface area contributed by atoms with Crippen molar-refractivity contribution in [2.45, 2.75) is 6.42 Å². The average molecular weight is 303 g/mol. The van der Waals surface area contributed by atoms with E-state index in [-0.39, 0.29) is 12.3 Å². The Morgan fingerprint density at radius 3 is 2.59 bits per heavy atom. The highest BCUT2D eigenvalue weighted by Crippen LogP contribution is 2.22. The minimum Gasteiger partial charge on any atom is -0.396 e. The zero-order valence-electron chi connectivity index (χ0n) is 11.9. The van der Waals surface area contributed by atoms with E-state index in [1.165, 1.54) is 0 Å². The highest BCUT2D eigenvalue weighted by molar-refractivity contribution is 6.28. The maximum absolute atomic E-state index is 12.5. The van der Waals surface area contributed by atoms with Crippen molar-refractivity contribution >= 4 is 23.5 Å². The molecule has 1 aromatic carbocycles. The first kappa shape index (κ1) is 15.7. The van der Waals surface area contributed by atoms with E-state index in [0.717, 1.165) is 4.90 Å². The van der Waals surface area contributed by atoms with Gasteiger partial charge in [-0.2, -0.15) is 0 Å². The van der Waals surface area contributed by atoms with E-state index < -0.39 is 23.8 Å². The first-order valence-electron chi connectivity index (χ1n) is 6.83. The molecule has 116 valence electrons. The Labute approximate surface area is 127 Å². The van der Waals surface area contributed by atoms with Crippen molar-refractivity contribution in [3.63, 3.8) is 0 Å². The van der Waals surface area contributed by atoms with Gasteiger partial charge in [-0.25, -0.2) is 9.69 Å². The van der Waals surface area contributed by atoms with Crippen molar-refractivity contribution in [3.05, 3.63) is 42.6 Å². The molecule has 0 bridgehead atoms. The summed E-state index contributed by atoms with van der Waals surface area (Å²) in [5, 5.41) is 13.7. The van der Waals surface area contributed by atoms with Crippen molar-refractivity contribution in [1.29, 1.82) is 0 Å². The quantitative estimate of drug-likeness (QED) is 0.521. The van der Waals surface area contributed by atoms with E-state index in [1.807, 2.05) is 0 Å². The van der Waals surface area contributed by atoms with Crippen LogP contribution in [0.1, 0.15) is 6.42 Å². The number of imide groups is 2. The van der Waals surface area contributed by atoms with Crippen LogP contribution in [0.5, 0.6) is 0 Å². The summed E-state index contributed by atoms with van der Waals surface area (Å²) in [6, 6.07) is 7.57. The highest BCUT2D eigenvalue weighted by Gasteiger charge is 2.42. The second-order valence-corrected chi connectivity index (χ2v) is 4.77. The highest BCUT2D eigenvalue weighted by atomic mass is 16.3. The molecule has 1 saturated heterocycles. The lowest BCUT2D eigenvalue weighted by Crippen LogP contribution is -2.59. The number of nitrogens with one attached hydrogen (secondary N) is 2. The molecule has 1 fully saturated rings. The number of hydrogen-bond acceptors (Lipinski definition) is 5. The lowest BCUT2D eigenvalue weighted by Gasteiger charge is -2.31. The third kappa shape index (κ3) is 3.15. The Morgan fingerprint density at radius 2 is 1.95 bits per heavy atom. The topological polar surface area (TPSA) is 98.7 Å². The molecule has 7 heteroatoms. The number of benzene rings is 1. The van der Waals surface area contributed by atoms with E-state index in [9.17, 15) is 14.4 Å². The SMILES string of the molecule is C=C(NCCCO)[C@H]1C(=O)NC(=O)N(c2ccccc2)C1=O. The fourth-order valence-electron chi connectivity index (χ4n) is 2.13. The van der Waals surface area contributed by atoms with Crippen molar-refractivity contribution in [2.24, 2.45) is 5.92 Å². The summed E-state index contributed by atoms with van der Waals surface area (Å²) >= 11 is 0. The fraction of sp³-hybridized carbons (Fsp3) is 0.267. The molecule has 1 atom stereocenters. The van der Waals surface area contributed by atoms with E-state index in [2.05, 4.69) is 17.2 Å². The molecule has 2 rings (SSSR count). The molecule has 0 radical (unpaired) electrons. The van der Waals surface area contributed by atoms with Gasteiger partial charge in [-0.3, -0.25) is 14.9 Å². The molecule has 0 spiro atoms. The first-order valence-corrected chi connectivity index (χ1v) is 6.83. The van der Waals surface area contributed by atoms with Crippen LogP contribution in [0.3, 0.4) is 0 Å². The molecule has 0 aromatic heterocycles. The number of barbiturate groups is 1. The van der Waals surface area contributed by atoms with Crippen molar-refractivity contribution in [3.8, 4) is 0 Å². The maximum Gasteiger partial charge on any atom is 0.335 e. The second kappa shape index (κ2) is 6.86. The molecule has 0 unspecified atom stereocenters. The van der Waals surface area contributed by atoms with Gasteiger partial charge in [0.15, 0.2) is 5.92 Å². The molecule has 3 N–H and O–H groups in total. The van der Waals surface area contributed by atoms with Gasteiger partial charge in [0.05, 0.1) is 5.69 Å². The summed E-state index contributed by atoms with van der Waals surface area (Å²) in [7, 11) is 0. The van der Waals surface area contributed by atoms with Crippen molar-refractivity contribution in [1.82, 2.24) is 10.6 Å². The summed E-state index contributed by atoms with van der Waals surface area (Å²) < 4.78 is 0. The summed E-state index contributed by atoms with van der Waals surface area (Å²) in [5.74, 6) is -2.54. The van der Waals surface area contributed by atoms with E-state index >= 15 is 0 Å². The summed E-state index contributed by atoms with van der Waals surface area (Å²) in [6.07, 6.45) is 0.461. The van der Waals surface area contributed by atoms with Crippen LogP contribution in [0, 0.1) is 5.92 Å². The van der Waals surface area contributed by atoms with Crippen LogP contribution in [0.2, 0.25) is 0 Å². The van der Waals surface area contributed by atoms with Crippen LogP contribution in [-0.4, -0.2) is 36.1 Å². The van der Waals surface area contributed by atoms with Gasteiger partial charge >= 0.3 is 6.03 Å². The minimum absolute atomic E-state index is 0.0142. The zero-order valence-corrected chi connectivity index (χ0v) is 11.9. The molecule has 22 heavy (non-hydrogen) atoms. The van der Waals surface area contributed by atoms with Crippen molar-refractivity contribution < 1.29 is 19.5 Å². The van der Waals surface area contributed by atoms with Crippen LogP contribution in [0.15, 0.2) is 42.6 Å². The summed E-state index contributed by atoms with van der Waals surface area (Å²) in [5.41, 5.74) is 0.579. The first-order chi connectivity index (χ1) is 10.6. The lowest BCUT2D eigenvalue weighted by molar-refractivity contribution is -0.132. The number of urea groups is 1. The Kier molecular flexibility index (Phi) is 4.90. The number of aliphatic hydroxyl groups is 1. The molecule has 7 nitrogen and oxygen atoms in total. The van der Waals surface area contributed by atoms with Crippen LogP contribution in [0.25, 0.3) is 0 Å². The van der Waals surface area contributed by atoms with Gasteiger partial charge < -0.3 is 10.4 Å². The van der Waals surface area contributed by atoms with Gasteiger partial charge in [0, 0.05) is 18.8 Å². The minimum atomic E-state index is -1.18. The van der Waals surface area contributed by atoms with Crippen LogP contribution in [0.4, 0.5) is 10.5 Å². The van der Waals surface area contributed by atoms with Gasteiger partial charge in [0.25, 0.3) is 5.91 Å². The fourth-order valence-corrected chi connectivity index (χ4v) is 2.13. The van der Waals surface area contributed by atoms with Gasteiger partial charge in [0.1, 0.15) is 0 Å². The van der Waals surface area contributed by atoms with Crippen LogP contribution < -0.4 is 15.5 Å². The van der Waals surface area contributed by atoms with Gasteiger partial charge in [0.2, 0.25) is 5.91 Å². The zero-order chi connectivity index (χ0) is 16.1.